The Balaban J connectivity index is 2.15. The zero-order valence-electron chi connectivity index (χ0n) is 9.62. The van der Waals surface area contributed by atoms with Crippen LogP contribution >= 0.6 is 0 Å². The van der Waals surface area contributed by atoms with Gasteiger partial charge in [0.15, 0.2) is 0 Å². The first-order chi connectivity index (χ1) is 7.29. The molecule has 0 amide bonds. The van der Waals surface area contributed by atoms with Crippen molar-refractivity contribution in [2.45, 2.75) is 44.9 Å². The fraction of sp³-hybridized carbons (Fsp3) is 0.750. The normalized spacial score (nSPS) is 23.0. The van der Waals surface area contributed by atoms with Gasteiger partial charge in [-0.25, -0.2) is 0 Å². The molecule has 1 saturated heterocycles. The Labute approximate surface area is 91.2 Å². The summed E-state index contributed by atoms with van der Waals surface area (Å²) in [5.41, 5.74) is 1.29. The molecule has 0 aromatic carbocycles. The Bertz CT molecular complexity index is 298. The molecule has 0 bridgehead atoms. The highest BCUT2D eigenvalue weighted by Gasteiger charge is 2.22. The smallest absolute Gasteiger partial charge is 0.143 e. The zero-order valence-corrected chi connectivity index (χ0v) is 9.62. The van der Waals surface area contributed by atoms with Gasteiger partial charge in [0.2, 0.25) is 0 Å². The SMILES string of the molecule is CC(C)c1cnoc1C1CCCNCC1. The van der Waals surface area contributed by atoms with E-state index in [1.807, 2.05) is 6.20 Å². The minimum absolute atomic E-state index is 0.516. The molecule has 3 heteroatoms. The van der Waals surface area contributed by atoms with Crippen molar-refractivity contribution in [1.29, 1.82) is 0 Å². The lowest BCUT2D eigenvalue weighted by molar-refractivity contribution is 0.347. The lowest BCUT2D eigenvalue weighted by Gasteiger charge is -2.13. The van der Waals surface area contributed by atoms with Gasteiger partial charge in [-0.1, -0.05) is 19.0 Å². The van der Waals surface area contributed by atoms with E-state index < -0.39 is 0 Å². The first-order valence-corrected chi connectivity index (χ1v) is 5.94. The minimum atomic E-state index is 0.516. The maximum absolute atomic E-state index is 5.44. The number of hydrogen-bond acceptors (Lipinski definition) is 3. The number of rotatable bonds is 2. The summed E-state index contributed by atoms with van der Waals surface area (Å²) < 4.78 is 5.44. The van der Waals surface area contributed by atoms with E-state index in [0.29, 0.717) is 11.8 Å². The topological polar surface area (TPSA) is 38.1 Å². The molecule has 0 saturated carbocycles. The molecular weight excluding hydrogens is 188 g/mol. The molecule has 15 heavy (non-hydrogen) atoms. The lowest BCUT2D eigenvalue weighted by Crippen LogP contribution is -2.13. The molecule has 2 heterocycles. The Morgan fingerprint density at radius 2 is 2.27 bits per heavy atom. The monoisotopic (exact) mass is 208 g/mol. The standard InChI is InChI=1S/C12H20N2O/c1-9(2)11-8-14-15-12(11)10-4-3-6-13-7-5-10/h8-10,13H,3-7H2,1-2H3. The molecule has 1 aromatic heterocycles. The molecule has 0 radical (unpaired) electrons. The van der Waals surface area contributed by atoms with Gasteiger partial charge in [0.1, 0.15) is 5.76 Å². The van der Waals surface area contributed by atoms with Crippen LogP contribution in [0.1, 0.15) is 56.3 Å². The van der Waals surface area contributed by atoms with Crippen LogP contribution in [0.2, 0.25) is 0 Å². The number of nitrogens with one attached hydrogen (secondary N) is 1. The average molecular weight is 208 g/mol. The molecule has 3 nitrogen and oxygen atoms in total. The zero-order chi connectivity index (χ0) is 10.7. The summed E-state index contributed by atoms with van der Waals surface area (Å²) in [6, 6.07) is 0. The summed E-state index contributed by atoms with van der Waals surface area (Å²) in [7, 11) is 0. The first-order valence-electron chi connectivity index (χ1n) is 5.94. The second kappa shape index (κ2) is 4.79. The van der Waals surface area contributed by atoms with Crippen molar-refractivity contribution < 1.29 is 4.52 Å². The summed E-state index contributed by atoms with van der Waals surface area (Å²) in [4.78, 5) is 0. The highest BCUT2D eigenvalue weighted by atomic mass is 16.5. The lowest BCUT2D eigenvalue weighted by atomic mass is 9.91. The van der Waals surface area contributed by atoms with Crippen LogP contribution in [0.4, 0.5) is 0 Å². The van der Waals surface area contributed by atoms with Gasteiger partial charge in [-0.2, -0.15) is 0 Å². The van der Waals surface area contributed by atoms with E-state index in [2.05, 4.69) is 24.3 Å². The summed E-state index contributed by atoms with van der Waals surface area (Å²) in [5, 5.41) is 7.38. The molecule has 0 spiro atoms. The van der Waals surface area contributed by atoms with Crippen molar-refractivity contribution in [1.82, 2.24) is 10.5 Å². The van der Waals surface area contributed by atoms with Gasteiger partial charge in [0, 0.05) is 11.5 Å². The van der Waals surface area contributed by atoms with Crippen LogP contribution in [0.25, 0.3) is 0 Å². The van der Waals surface area contributed by atoms with Crippen LogP contribution in [0.5, 0.6) is 0 Å². The predicted molar refractivity (Wildman–Crippen MR) is 60.1 cm³/mol. The van der Waals surface area contributed by atoms with Crippen molar-refractivity contribution in [3.05, 3.63) is 17.5 Å². The second-order valence-electron chi connectivity index (χ2n) is 4.68. The number of hydrogen-bond donors (Lipinski definition) is 1. The third-order valence-electron chi connectivity index (χ3n) is 3.20. The highest BCUT2D eigenvalue weighted by molar-refractivity contribution is 5.21. The van der Waals surface area contributed by atoms with Crippen molar-refractivity contribution in [3.8, 4) is 0 Å². The third-order valence-corrected chi connectivity index (χ3v) is 3.20. The Morgan fingerprint density at radius 1 is 1.40 bits per heavy atom. The van der Waals surface area contributed by atoms with Gasteiger partial charge < -0.3 is 9.84 Å². The molecular formula is C12H20N2O. The van der Waals surface area contributed by atoms with Crippen LogP contribution in [0, 0.1) is 0 Å². The minimum Gasteiger partial charge on any atom is -0.361 e. The Morgan fingerprint density at radius 3 is 3.07 bits per heavy atom. The quantitative estimate of drug-likeness (QED) is 0.812. The summed E-state index contributed by atoms with van der Waals surface area (Å²) in [6.45, 7) is 6.64. The second-order valence-corrected chi connectivity index (χ2v) is 4.68. The van der Waals surface area contributed by atoms with E-state index in [1.54, 1.807) is 0 Å². The van der Waals surface area contributed by atoms with Gasteiger partial charge in [-0.05, 0) is 38.3 Å². The molecule has 1 unspecified atom stereocenters. The molecule has 0 aliphatic carbocycles. The summed E-state index contributed by atoms with van der Waals surface area (Å²) >= 11 is 0. The van der Waals surface area contributed by atoms with Gasteiger partial charge in [-0.3, -0.25) is 0 Å². The molecule has 1 N–H and O–H groups in total. The van der Waals surface area contributed by atoms with Crippen molar-refractivity contribution in [3.63, 3.8) is 0 Å². The molecule has 2 rings (SSSR count). The van der Waals surface area contributed by atoms with E-state index in [1.165, 1.54) is 24.8 Å². The van der Waals surface area contributed by atoms with Crippen LogP contribution < -0.4 is 5.32 Å². The van der Waals surface area contributed by atoms with Crippen molar-refractivity contribution in [2.75, 3.05) is 13.1 Å². The van der Waals surface area contributed by atoms with Crippen LogP contribution in [-0.4, -0.2) is 18.2 Å². The first kappa shape index (κ1) is 10.7. The predicted octanol–water partition coefficient (Wildman–Crippen LogP) is 2.66. The summed E-state index contributed by atoms with van der Waals surface area (Å²) in [5.74, 6) is 2.22. The molecule has 1 aliphatic rings. The molecule has 84 valence electrons. The molecule has 1 fully saturated rings. The van der Waals surface area contributed by atoms with Gasteiger partial charge in [0.25, 0.3) is 0 Å². The summed E-state index contributed by atoms with van der Waals surface area (Å²) in [6.07, 6.45) is 5.53. The van der Waals surface area contributed by atoms with E-state index >= 15 is 0 Å². The van der Waals surface area contributed by atoms with E-state index in [4.69, 9.17) is 4.52 Å². The van der Waals surface area contributed by atoms with Gasteiger partial charge in [-0.15, -0.1) is 0 Å². The largest absolute Gasteiger partial charge is 0.361 e. The van der Waals surface area contributed by atoms with Crippen molar-refractivity contribution >= 4 is 0 Å². The fourth-order valence-electron chi connectivity index (χ4n) is 2.28. The van der Waals surface area contributed by atoms with Crippen molar-refractivity contribution in [2.24, 2.45) is 0 Å². The number of aromatic nitrogens is 1. The third kappa shape index (κ3) is 2.40. The maximum atomic E-state index is 5.44. The van der Waals surface area contributed by atoms with E-state index in [-0.39, 0.29) is 0 Å². The van der Waals surface area contributed by atoms with Crippen LogP contribution in [-0.2, 0) is 0 Å². The van der Waals surface area contributed by atoms with Crippen LogP contribution in [0.15, 0.2) is 10.7 Å². The van der Waals surface area contributed by atoms with Crippen LogP contribution in [0.3, 0.4) is 0 Å². The Kier molecular flexibility index (Phi) is 3.41. The fourth-order valence-corrected chi connectivity index (χ4v) is 2.28. The van der Waals surface area contributed by atoms with Gasteiger partial charge in [0.05, 0.1) is 6.20 Å². The molecule has 1 atom stereocenters. The number of nitrogens with zero attached hydrogens (tertiary/aromatic N) is 1. The Hall–Kier alpha value is -0.830. The van der Waals surface area contributed by atoms with E-state index in [0.717, 1.165) is 18.8 Å². The molecule has 1 aromatic rings. The average Bonchev–Trinajstić information content (AvgIpc) is 2.55. The highest BCUT2D eigenvalue weighted by Crippen LogP contribution is 2.31. The van der Waals surface area contributed by atoms with E-state index in [9.17, 15) is 0 Å². The maximum Gasteiger partial charge on any atom is 0.143 e. The molecule has 1 aliphatic heterocycles. The van der Waals surface area contributed by atoms with Gasteiger partial charge >= 0.3 is 0 Å².